The Balaban J connectivity index is 2.10. The van der Waals surface area contributed by atoms with Crippen molar-refractivity contribution in [3.05, 3.63) is 35.7 Å². The summed E-state index contributed by atoms with van der Waals surface area (Å²) in [5, 5.41) is 10.8. The Morgan fingerprint density at radius 2 is 2.05 bits per heavy atom. The maximum Gasteiger partial charge on any atom is 0.250 e. The molecule has 6 heteroatoms. The number of aromatic nitrogens is 2. The molecule has 0 aliphatic heterocycles. The van der Waals surface area contributed by atoms with Crippen molar-refractivity contribution in [2.45, 2.75) is 26.3 Å². The van der Waals surface area contributed by atoms with E-state index in [0.29, 0.717) is 24.9 Å². The van der Waals surface area contributed by atoms with Crippen LogP contribution in [0.25, 0.3) is 11.5 Å². The summed E-state index contributed by atoms with van der Waals surface area (Å²) in [6, 6.07) is 4.21. The molecular weight excluding hydrogens is 252 g/mol. The van der Waals surface area contributed by atoms with Gasteiger partial charge in [0.05, 0.1) is 5.56 Å². The molecule has 2 rings (SSSR count). The van der Waals surface area contributed by atoms with Crippen molar-refractivity contribution in [1.82, 2.24) is 15.5 Å². The fourth-order valence-corrected chi connectivity index (χ4v) is 1.60. The molecule has 0 spiro atoms. The van der Waals surface area contributed by atoms with Gasteiger partial charge in [0.25, 0.3) is 5.89 Å². The van der Waals surface area contributed by atoms with E-state index in [2.05, 4.69) is 15.5 Å². The van der Waals surface area contributed by atoms with E-state index in [1.807, 2.05) is 13.8 Å². The first-order chi connectivity index (χ1) is 9.08. The number of nitrogens with zero attached hydrogens (tertiary/aromatic N) is 2. The summed E-state index contributed by atoms with van der Waals surface area (Å²) in [4.78, 5) is 0. The highest BCUT2D eigenvalue weighted by molar-refractivity contribution is 5.53. The molecule has 1 heterocycles. The quantitative estimate of drug-likeness (QED) is 0.904. The third-order valence-electron chi connectivity index (χ3n) is 2.54. The summed E-state index contributed by atoms with van der Waals surface area (Å²) in [6.45, 7) is 4.74. The van der Waals surface area contributed by atoms with Crippen molar-refractivity contribution in [2.24, 2.45) is 0 Å². The fourth-order valence-electron chi connectivity index (χ4n) is 1.60. The number of nitrogens with one attached hydrogen (secondary N) is 1. The largest absolute Gasteiger partial charge is 0.421 e. The van der Waals surface area contributed by atoms with Crippen molar-refractivity contribution in [3.63, 3.8) is 0 Å². The van der Waals surface area contributed by atoms with Gasteiger partial charge in [-0.25, -0.2) is 8.78 Å². The van der Waals surface area contributed by atoms with Crippen molar-refractivity contribution in [2.75, 3.05) is 6.54 Å². The van der Waals surface area contributed by atoms with Gasteiger partial charge in [0.15, 0.2) is 11.6 Å². The minimum absolute atomic E-state index is 0.00320. The first-order valence-electron chi connectivity index (χ1n) is 6.08. The first kappa shape index (κ1) is 13.6. The van der Waals surface area contributed by atoms with Crippen LogP contribution in [0.5, 0.6) is 0 Å². The van der Waals surface area contributed by atoms with Crippen molar-refractivity contribution in [1.29, 1.82) is 0 Å². The second-order valence-electron chi connectivity index (χ2n) is 4.46. The van der Waals surface area contributed by atoms with Crippen LogP contribution in [-0.4, -0.2) is 22.8 Å². The molecule has 0 aliphatic rings. The fraction of sp³-hybridized carbons (Fsp3) is 0.385. The smallest absolute Gasteiger partial charge is 0.250 e. The molecule has 0 atom stereocenters. The summed E-state index contributed by atoms with van der Waals surface area (Å²) in [7, 11) is 0. The molecule has 0 saturated carbocycles. The maximum atomic E-state index is 13.5. The van der Waals surface area contributed by atoms with Gasteiger partial charge in [-0.2, -0.15) is 0 Å². The summed E-state index contributed by atoms with van der Waals surface area (Å²) in [5.41, 5.74) is -0.0180. The molecule has 2 aromatic rings. The van der Waals surface area contributed by atoms with Gasteiger partial charge in [-0.15, -0.1) is 10.2 Å². The second-order valence-corrected chi connectivity index (χ2v) is 4.46. The molecule has 0 fully saturated rings. The van der Waals surface area contributed by atoms with Crippen LogP contribution in [-0.2, 0) is 6.42 Å². The molecule has 19 heavy (non-hydrogen) atoms. The summed E-state index contributed by atoms with van der Waals surface area (Å²) in [6.07, 6.45) is 0.544. The Hall–Kier alpha value is -1.82. The average Bonchev–Trinajstić information content (AvgIpc) is 2.81. The first-order valence-corrected chi connectivity index (χ1v) is 6.08. The van der Waals surface area contributed by atoms with E-state index in [-0.39, 0.29) is 11.5 Å². The van der Waals surface area contributed by atoms with Crippen LogP contribution < -0.4 is 5.32 Å². The molecule has 0 unspecified atom stereocenters. The highest BCUT2D eigenvalue weighted by atomic mass is 19.2. The van der Waals surface area contributed by atoms with Gasteiger partial charge < -0.3 is 9.73 Å². The van der Waals surface area contributed by atoms with E-state index in [0.717, 1.165) is 6.07 Å². The Morgan fingerprint density at radius 3 is 2.79 bits per heavy atom. The van der Waals surface area contributed by atoms with Gasteiger partial charge in [0, 0.05) is 19.0 Å². The molecule has 0 saturated heterocycles. The monoisotopic (exact) mass is 267 g/mol. The lowest BCUT2D eigenvalue weighted by molar-refractivity contribution is 0.475. The standard InChI is InChI=1S/C13H15F2N3O/c1-8(2)16-7-6-11-17-18-13(19-11)9-4-3-5-10(14)12(9)15/h3-5,8,16H,6-7H2,1-2H3. The normalized spacial score (nSPS) is 11.2. The van der Waals surface area contributed by atoms with Gasteiger partial charge in [-0.05, 0) is 12.1 Å². The molecule has 4 nitrogen and oxygen atoms in total. The predicted molar refractivity (Wildman–Crippen MR) is 66.5 cm³/mol. The molecule has 1 aromatic heterocycles. The number of hydrogen-bond acceptors (Lipinski definition) is 4. The van der Waals surface area contributed by atoms with E-state index in [1.165, 1.54) is 12.1 Å². The average molecular weight is 267 g/mol. The molecule has 0 radical (unpaired) electrons. The number of halogens is 2. The van der Waals surface area contributed by atoms with Crippen LogP contribution >= 0.6 is 0 Å². The number of benzene rings is 1. The molecular formula is C13H15F2N3O. The lowest BCUT2D eigenvalue weighted by Crippen LogP contribution is -2.25. The SMILES string of the molecule is CC(C)NCCc1nnc(-c2cccc(F)c2F)o1. The Kier molecular flexibility index (Phi) is 4.21. The van der Waals surface area contributed by atoms with Gasteiger partial charge >= 0.3 is 0 Å². The lowest BCUT2D eigenvalue weighted by Gasteiger charge is -2.04. The van der Waals surface area contributed by atoms with Crippen LogP contribution in [0.4, 0.5) is 8.78 Å². The van der Waals surface area contributed by atoms with Crippen LogP contribution in [0.15, 0.2) is 22.6 Å². The summed E-state index contributed by atoms with van der Waals surface area (Å²) < 4.78 is 31.9. The Labute approximate surface area is 109 Å². The van der Waals surface area contributed by atoms with Crippen molar-refractivity contribution < 1.29 is 13.2 Å². The summed E-state index contributed by atoms with van der Waals surface area (Å²) >= 11 is 0. The van der Waals surface area contributed by atoms with Crippen molar-refractivity contribution in [3.8, 4) is 11.5 Å². The van der Waals surface area contributed by atoms with Gasteiger partial charge in [0.2, 0.25) is 5.89 Å². The highest BCUT2D eigenvalue weighted by Crippen LogP contribution is 2.23. The van der Waals surface area contributed by atoms with Crippen LogP contribution in [0.2, 0.25) is 0 Å². The Bertz CT molecular complexity index is 555. The topological polar surface area (TPSA) is 51.0 Å². The zero-order chi connectivity index (χ0) is 13.8. The molecule has 1 N–H and O–H groups in total. The van der Waals surface area contributed by atoms with E-state index < -0.39 is 11.6 Å². The molecule has 0 aliphatic carbocycles. The van der Waals surface area contributed by atoms with E-state index >= 15 is 0 Å². The van der Waals surface area contributed by atoms with Gasteiger partial charge in [-0.1, -0.05) is 19.9 Å². The van der Waals surface area contributed by atoms with Gasteiger partial charge in [-0.3, -0.25) is 0 Å². The van der Waals surface area contributed by atoms with E-state index in [9.17, 15) is 8.78 Å². The summed E-state index contributed by atoms with van der Waals surface area (Å²) in [5.74, 6) is -1.51. The molecule has 0 bridgehead atoms. The number of hydrogen-bond donors (Lipinski definition) is 1. The van der Waals surface area contributed by atoms with E-state index in [4.69, 9.17) is 4.42 Å². The van der Waals surface area contributed by atoms with Crippen molar-refractivity contribution >= 4 is 0 Å². The van der Waals surface area contributed by atoms with Crippen LogP contribution in [0.1, 0.15) is 19.7 Å². The van der Waals surface area contributed by atoms with Gasteiger partial charge in [0.1, 0.15) is 0 Å². The molecule has 1 aromatic carbocycles. The molecule has 0 amide bonds. The van der Waals surface area contributed by atoms with Crippen LogP contribution in [0, 0.1) is 11.6 Å². The maximum absolute atomic E-state index is 13.5. The lowest BCUT2D eigenvalue weighted by atomic mass is 10.2. The zero-order valence-electron chi connectivity index (χ0n) is 10.8. The van der Waals surface area contributed by atoms with Crippen LogP contribution in [0.3, 0.4) is 0 Å². The minimum atomic E-state index is -0.974. The third kappa shape index (κ3) is 3.35. The zero-order valence-corrected chi connectivity index (χ0v) is 10.8. The highest BCUT2D eigenvalue weighted by Gasteiger charge is 2.15. The predicted octanol–water partition coefficient (Wildman–Crippen LogP) is 2.56. The Morgan fingerprint density at radius 1 is 1.26 bits per heavy atom. The number of rotatable bonds is 5. The van der Waals surface area contributed by atoms with E-state index in [1.54, 1.807) is 0 Å². The molecule has 102 valence electrons. The third-order valence-corrected chi connectivity index (χ3v) is 2.54. The second kappa shape index (κ2) is 5.88. The minimum Gasteiger partial charge on any atom is -0.421 e.